The number of carbonyl (C=O) groups is 1. The Hall–Kier alpha value is -2.54. The third-order valence-electron chi connectivity index (χ3n) is 6.52. The van der Waals surface area contributed by atoms with Gasteiger partial charge in [-0.1, -0.05) is 11.2 Å². The normalized spacial score (nSPS) is 25.5. The molecule has 1 saturated heterocycles. The average Bonchev–Trinajstić information content (AvgIpc) is 3.35. The molecule has 1 N–H and O–H groups in total. The number of carbonyl (C=O) groups excluding carboxylic acids is 1. The molecule has 0 unspecified atom stereocenters. The number of ether oxygens (including phenoxy) is 2. The highest BCUT2D eigenvalue weighted by Crippen LogP contribution is 2.50. The Morgan fingerprint density at radius 3 is 3.07 bits per heavy atom. The van der Waals surface area contributed by atoms with E-state index in [9.17, 15) is 9.90 Å². The first kappa shape index (κ1) is 17.6. The quantitative estimate of drug-likeness (QED) is 0.873. The number of benzene rings is 1. The summed E-state index contributed by atoms with van der Waals surface area (Å²) < 4.78 is 16.7. The Kier molecular flexibility index (Phi) is 4.08. The van der Waals surface area contributed by atoms with E-state index >= 15 is 0 Å². The first-order chi connectivity index (χ1) is 13.6. The van der Waals surface area contributed by atoms with Crippen LogP contribution in [-0.4, -0.2) is 54.5 Å². The van der Waals surface area contributed by atoms with Crippen molar-refractivity contribution in [2.45, 2.75) is 31.6 Å². The first-order valence-electron chi connectivity index (χ1n) is 9.83. The fourth-order valence-corrected chi connectivity index (χ4v) is 4.88. The van der Waals surface area contributed by atoms with E-state index in [4.69, 9.17) is 14.0 Å². The van der Waals surface area contributed by atoms with Gasteiger partial charge in [-0.15, -0.1) is 0 Å². The van der Waals surface area contributed by atoms with Crippen molar-refractivity contribution in [3.8, 4) is 11.5 Å². The molecule has 0 bridgehead atoms. The standard InChI is InChI=1S/C21H24N2O5/c1-26-13-6-7-14-16-9-23(10-21(16,11-24)12-27-18(14)8-13)20(25)19-15-4-2-3-5-17(15)22-28-19/h6-8,16,24H,2-5,9-12H2,1H3/t16-,21-/m1/s1. The third-order valence-corrected chi connectivity index (χ3v) is 6.52. The molecule has 3 heterocycles. The summed E-state index contributed by atoms with van der Waals surface area (Å²) in [7, 11) is 1.62. The van der Waals surface area contributed by atoms with Crippen LogP contribution >= 0.6 is 0 Å². The van der Waals surface area contributed by atoms with E-state index in [-0.39, 0.29) is 18.4 Å². The lowest BCUT2D eigenvalue weighted by Crippen LogP contribution is -2.42. The second-order valence-corrected chi connectivity index (χ2v) is 8.10. The van der Waals surface area contributed by atoms with E-state index in [1.54, 1.807) is 12.0 Å². The Morgan fingerprint density at radius 2 is 2.25 bits per heavy atom. The molecular formula is C21H24N2O5. The van der Waals surface area contributed by atoms with Crippen LogP contribution in [0, 0.1) is 5.41 Å². The predicted octanol–water partition coefficient (Wildman–Crippen LogP) is 2.17. The number of aromatic nitrogens is 1. The van der Waals surface area contributed by atoms with Crippen molar-refractivity contribution >= 4 is 5.91 Å². The van der Waals surface area contributed by atoms with Crippen LogP contribution in [0.5, 0.6) is 11.5 Å². The van der Waals surface area contributed by atoms with Crippen molar-refractivity contribution in [2.75, 3.05) is 33.4 Å². The molecule has 0 radical (unpaired) electrons. The number of likely N-dealkylation sites (tertiary alicyclic amines) is 1. The number of hydrogen-bond donors (Lipinski definition) is 1. The summed E-state index contributed by atoms with van der Waals surface area (Å²) in [6.45, 7) is 1.29. The van der Waals surface area contributed by atoms with Crippen molar-refractivity contribution in [1.82, 2.24) is 10.1 Å². The van der Waals surface area contributed by atoms with E-state index in [1.807, 2.05) is 18.2 Å². The topological polar surface area (TPSA) is 85.0 Å². The molecule has 2 aliphatic heterocycles. The van der Waals surface area contributed by atoms with Gasteiger partial charge in [-0.25, -0.2) is 0 Å². The maximum Gasteiger partial charge on any atom is 0.292 e. The van der Waals surface area contributed by atoms with Crippen LogP contribution in [0.25, 0.3) is 0 Å². The molecule has 1 aromatic carbocycles. The molecule has 1 aliphatic carbocycles. The highest BCUT2D eigenvalue weighted by Gasteiger charge is 2.52. The molecule has 1 aromatic heterocycles. The van der Waals surface area contributed by atoms with Gasteiger partial charge in [0.1, 0.15) is 11.5 Å². The SMILES string of the molecule is COc1ccc2c(c1)OC[C@]1(CO)CN(C(=O)c3onc4c3CCCC4)C[C@H]21. The predicted molar refractivity (Wildman–Crippen MR) is 99.8 cm³/mol. The number of fused-ring (bicyclic) bond motifs is 4. The lowest BCUT2D eigenvalue weighted by Gasteiger charge is -2.37. The molecule has 2 atom stereocenters. The summed E-state index contributed by atoms with van der Waals surface area (Å²) in [5.74, 6) is 1.74. The molecule has 3 aliphatic rings. The van der Waals surface area contributed by atoms with Gasteiger partial charge >= 0.3 is 0 Å². The van der Waals surface area contributed by atoms with Gasteiger partial charge in [0.15, 0.2) is 0 Å². The number of amides is 1. The molecule has 148 valence electrons. The van der Waals surface area contributed by atoms with Gasteiger partial charge in [-0.3, -0.25) is 4.79 Å². The van der Waals surface area contributed by atoms with Crippen LogP contribution in [0.1, 0.15) is 46.1 Å². The second kappa shape index (κ2) is 6.51. The molecule has 0 spiro atoms. The zero-order valence-corrected chi connectivity index (χ0v) is 15.9. The van der Waals surface area contributed by atoms with E-state index < -0.39 is 5.41 Å². The second-order valence-electron chi connectivity index (χ2n) is 8.10. The Morgan fingerprint density at radius 1 is 1.39 bits per heavy atom. The number of aryl methyl sites for hydroxylation is 1. The van der Waals surface area contributed by atoms with Gasteiger partial charge in [0.25, 0.3) is 5.91 Å². The smallest absolute Gasteiger partial charge is 0.292 e. The molecule has 7 nitrogen and oxygen atoms in total. The summed E-state index contributed by atoms with van der Waals surface area (Å²) in [6.07, 6.45) is 3.86. The number of hydrogen-bond acceptors (Lipinski definition) is 6. The van der Waals surface area contributed by atoms with Crippen LogP contribution in [0.3, 0.4) is 0 Å². The third kappa shape index (κ3) is 2.53. The maximum atomic E-state index is 13.2. The minimum absolute atomic E-state index is 0.00912. The fraction of sp³-hybridized carbons (Fsp3) is 0.524. The van der Waals surface area contributed by atoms with Gasteiger partial charge in [0.2, 0.25) is 5.76 Å². The molecular weight excluding hydrogens is 360 g/mol. The zero-order valence-electron chi connectivity index (χ0n) is 15.9. The van der Waals surface area contributed by atoms with E-state index in [1.165, 1.54) is 0 Å². The highest BCUT2D eigenvalue weighted by atomic mass is 16.5. The minimum Gasteiger partial charge on any atom is -0.497 e. The van der Waals surface area contributed by atoms with Crippen LogP contribution in [0.15, 0.2) is 22.7 Å². The number of rotatable bonds is 3. The highest BCUT2D eigenvalue weighted by molar-refractivity contribution is 5.93. The zero-order chi connectivity index (χ0) is 19.3. The Balaban J connectivity index is 1.46. The van der Waals surface area contributed by atoms with Crippen molar-refractivity contribution in [2.24, 2.45) is 5.41 Å². The van der Waals surface area contributed by atoms with Crippen molar-refractivity contribution < 1.29 is 23.9 Å². The van der Waals surface area contributed by atoms with Crippen LogP contribution in [0.4, 0.5) is 0 Å². The van der Waals surface area contributed by atoms with Gasteiger partial charge < -0.3 is 24.0 Å². The first-order valence-corrected chi connectivity index (χ1v) is 9.83. The summed E-state index contributed by atoms with van der Waals surface area (Å²) in [4.78, 5) is 15.0. The summed E-state index contributed by atoms with van der Waals surface area (Å²) in [5.41, 5.74) is 2.39. The van der Waals surface area contributed by atoms with Crippen molar-refractivity contribution in [1.29, 1.82) is 0 Å². The van der Waals surface area contributed by atoms with Gasteiger partial charge in [0.05, 0.1) is 31.4 Å². The van der Waals surface area contributed by atoms with Crippen molar-refractivity contribution in [3.05, 3.63) is 40.8 Å². The molecule has 0 saturated carbocycles. The maximum absolute atomic E-state index is 13.2. The lowest BCUT2D eigenvalue weighted by atomic mass is 9.74. The Labute approximate surface area is 163 Å². The molecule has 1 amide bonds. The van der Waals surface area contributed by atoms with E-state index in [0.29, 0.717) is 25.5 Å². The fourth-order valence-electron chi connectivity index (χ4n) is 4.88. The largest absolute Gasteiger partial charge is 0.497 e. The molecule has 2 aromatic rings. The van der Waals surface area contributed by atoms with Crippen LogP contribution < -0.4 is 9.47 Å². The number of aliphatic hydroxyl groups excluding tert-OH is 1. The van der Waals surface area contributed by atoms with Gasteiger partial charge in [0, 0.05) is 36.2 Å². The average molecular weight is 384 g/mol. The monoisotopic (exact) mass is 384 g/mol. The van der Waals surface area contributed by atoms with Crippen LogP contribution in [-0.2, 0) is 12.8 Å². The molecule has 1 fully saturated rings. The summed E-state index contributed by atoms with van der Waals surface area (Å²) in [6, 6.07) is 5.74. The lowest BCUT2D eigenvalue weighted by molar-refractivity contribution is 0.0430. The Bertz CT molecular complexity index is 924. The number of aliphatic hydroxyl groups is 1. The van der Waals surface area contributed by atoms with E-state index in [0.717, 1.165) is 54.0 Å². The molecule has 28 heavy (non-hydrogen) atoms. The van der Waals surface area contributed by atoms with Crippen molar-refractivity contribution in [3.63, 3.8) is 0 Å². The minimum atomic E-state index is -0.503. The van der Waals surface area contributed by atoms with E-state index in [2.05, 4.69) is 5.16 Å². The number of methoxy groups -OCH3 is 1. The summed E-state index contributed by atoms with van der Waals surface area (Å²) >= 11 is 0. The van der Waals surface area contributed by atoms with Gasteiger partial charge in [-0.05, 0) is 31.7 Å². The summed E-state index contributed by atoms with van der Waals surface area (Å²) in [5, 5.41) is 14.3. The van der Waals surface area contributed by atoms with Gasteiger partial charge in [-0.2, -0.15) is 0 Å². The van der Waals surface area contributed by atoms with Crippen LogP contribution in [0.2, 0.25) is 0 Å². The molecule has 5 rings (SSSR count). The number of nitrogens with zero attached hydrogens (tertiary/aromatic N) is 2. The molecule has 7 heteroatoms.